The number of imidazole rings is 1. The number of carbonyl (C=O) groups excluding carboxylic acids is 1. The zero-order valence-electron chi connectivity index (χ0n) is 14.4. The lowest BCUT2D eigenvalue weighted by Gasteiger charge is -2.16. The predicted octanol–water partition coefficient (Wildman–Crippen LogP) is 3.54. The van der Waals surface area contributed by atoms with E-state index in [4.69, 9.17) is 0 Å². The van der Waals surface area contributed by atoms with Crippen LogP contribution >= 0.6 is 0 Å². The van der Waals surface area contributed by atoms with Gasteiger partial charge >= 0.3 is 0 Å². The van der Waals surface area contributed by atoms with Crippen LogP contribution in [0.2, 0.25) is 0 Å². The van der Waals surface area contributed by atoms with E-state index in [1.807, 2.05) is 47.4 Å². The van der Waals surface area contributed by atoms with Crippen molar-refractivity contribution in [1.29, 1.82) is 0 Å². The monoisotopic (exact) mass is 325 g/mol. The van der Waals surface area contributed by atoms with Crippen molar-refractivity contribution in [1.82, 2.24) is 19.3 Å². The maximum absolute atomic E-state index is 12.7. The molecule has 1 amide bonds. The molecule has 0 aliphatic heterocycles. The molecule has 0 aliphatic carbocycles. The van der Waals surface area contributed by atoms with Crippen molar-refractivity contribution in [3.8, 4) is 0 Å². The number of para-hydroxylation sites is 2. The molecule has 0 aliphatic rings. The first kappa shape index (κ1) is 16.2. The first-order valence-corrected chi connectivity index (χ1v) is 8.36. The van der Waals surface area contributed by atoms with Crippen LogP contribution in [0.5, 0.6) is 0 Å². The van der Waals surface area contributed by atoms with E-state index >= 15 is 0 Å². The summed E-state index contributed by atoms with van der Waals surface area (Å²) < 4.78 is 3.77. The second-order valence-corrected chi connectivity index (χ2v) is 6.06. The Morgan fingerprint density at radius 2 is 2.12 bits per heavy atom. The minimum Gasteiger partial charge on any atom is -0.318 e. The van der Waals surface area contributed by atoms with Gasteiger partial charge in [0.25, 0.3) is 0 Å². The predicted molar refractivity (Wildman–Crippen MR) is 94.9 cm³/mol. The molecule has 2 aromatic heterocycles. The number of aryl methyl sites for hydroxylation is 2. The Labute approximate surface area is 141 Å². The quantitative estimate of drug-likeness (QED) is 0.754. The van der Waals surface area contributed by atoms with Crippen molar-refractivity contribution >= 4 is 22.8 Å². The van der Waals surface area contributed by atoms with Gasteiger partial charge in [0.2, 0.25) is 5.91 Å². The Hall–Kier alpha value is -2.63. The highest BCUT2D eigenvalue weighted by Gasteiger charge is 2.19. The topological polar surface area (TPSA) is 64.7 Å². The molecular weight excluding hydrogens is 302 g/mol. The molecule has 1 aromatic carbocycles. The molecule has 0 bridgehead atoms. The van der Waals surface area contributed by atoms with Gasteiger partial charge in [0.05, 0.1) is 23.6 Å². The second-order valence-electron chi connectivity index (χ2n) is 6.06. The smallest absolute Gasteiger partial charge is 0.248 e. The van der Waals surface area contributed by atoms with Gasteiger partial charge in [0, 0.05) is 12.1 Å². The summed E-state index contributed by atoms with van der Waals surface area (Å²) in [5.74, 6) is 0.712. The molecule has 3 rings (SSSR count). The highest BCUT2D eigenvalue weighted by atomic mass is 16.2. The Balaban J connectivity index is 1.81. The maximum Gasteiger partial charge on any atom is 0.248 e. The third kappa shape index (κ3) is 3.04. The van der Waals surface area contributed by atoms with E-state index in [2.05, 4.69) is 22.3 Å². The van der Waals surface area contributed by atoms with E-state index in [1.54, 1.807) is 12.5 Å². The van der Waals surface area contributed by atoms with E-state index in [-0.39, 0.29) is 11.9 Å². The molecule has 0 fully saturated rings. The van der Waals surface area contributed by atoms with Gasteiger partial charge in [0.15, 0.2) is 0 Å². The fourth-order valence-corrected chi connectivity index (χ4v) is 2.75. The van der Waals surface area contributed by atoms with Crippen molar-refractivity contribution in [2.24, 2.45) is 0 Å². The van der Waals surface area contributed by atoms with Gasteiger partial charge in [-0.15, -0.1) is 0 Å². The number of nitrogens with one attached hydrogen (secondary N) is 1. The molecule has 3 aromatic rings. The lowest BCUT2D eigenvalue weighted by Crippen LogP contribution is -2.25. The van der Waals surface area contributed by atoms with Crippen molar-refractivity contribution < 1.29 is 4.79 Å². The molecule has 6 heteroatoms. The number of unbranched alkanes of at least 4 members (excludes halogenated alkanes) is 1. The third-order valence-corrected chi connectivity index (χ3v) is 4.27. The van der Waals surface area contributed by atoms with Crippen LogP contribution in [0.4, 0.5) is 5.82 Å². The van der Waals surface area contributed by atoms with Crippen LogP contribution in [-0.4, -0.2) is 25.2 Å². The fraction of sp³-hybridized carbons (Fsp3) is 0.389. The molecule has 0 saturated heterocycles. The highest BCUT2D eigenvalue weighted by Crippen LogP contribution is 2.20. The molecule has 24 heavy (non-hydrogen) atoms. The standard InChI is InChI=1S/C18H23N5O/c1-4-5-10-23-17(13(2)11-20-23)21-18(24)14(3)22-12-19-15-8-6-7-9-16(15)22/h6-9,11-12,14H,4-5,10H2,1-3H3,(H,21,24)/t14-/m0/s1. The minimum absolute atomic E-state index is 0.0699. The average Bonchev–Trinajstić information content (AvgIpc) is 3.17. The van der Waals surface area contributed by atoms with Crippen molar-refractivity contribution in [3.05, 3.63) is 42.4 Å². The van der Waals surface area contributed by atoms with Crippen molar-refractivity contribution in [3.63, 3.8) is 0 Å². The molecular formula is C18H23N5O. The molecule has 0 radical (unpaired) electrons. The first-order valence-electron chi connectivity index (χ1n) is 8.36. The summed E-state index contributed by atoms with van der Waals surface area (Å²) in [6, 6.07) is 7.46. The van der Waals surface area contributed by atoms with E-state index in [9.17, 15) is 4.79 Å². The minimum atomic E-state index is -0.355. The number of hydrogen-bond donors (Lipinski definition) is 1. The van der Waals surface area contributed by atoms with Gasteiger partial charge in [-0.3, -0.25) is 4.79 Å². The molecule has 0 saturated carbocycles. The van der Waals surface area contributed by atoms with Crippen LogP contribution < -0.4 is 5.32 Å². The van der Waals surface area contributed by atoms with Crippen LogP contribution in [0, 0.1) is 6.92 Å². The largest absolute Gasteiger partial charge is 0.318 e. The van der Waals surface area contributed by atoms with Gasteiger partial charge in [-0.1, -0.05) is 25.5 Å². The molecule has 0 unspecified atom stereocenters. The van der Waals surface area contributed by atoms with Crippen molar-refractivity contribution in [2.45, 2.75) is 46.2 Å². The summed E-state index contributed by atoms with van der Waals surface area (Å²) in [7, 11) is 0. The number of amides is 1. The zero-order valence-corrected chi connectivity index (χ0v) is 14.4. The van der Waals surface area contributed by atoms with Crippen LogP contribution in [-0.2, 0) is 11.3 Å². The Morgan fingerprint density at radius 3 is 2.92 bits per heavy atom. The SMILES string of the molecule is CCCCn1ncc(C)c1NC(=O)[C@H](C)n1cnc2ccccc21. The first-order chi connectivity index (χ1) is 11.6. The van der Waals surface area contributed by atoms with E-state index < -0.39 is 0 Å². The van der Waals surface area contributed by atoms with E-state index in [0.29, 0.717) is 0 Å². The molecule has 1 atom stereocenters. The van der Waals surface area contributed by atoms with Crippen LogP contribution in [0.1, 0.15) is 38.3 Å². The lowest BCUT2D eigenvalue weighted by molar-refractivity contribution is -0.118. The van der Waals surface area contributed by atoms with Crippen LogP contribution in [0.3, 0.4) is 0 Å². The Morgan fingerprint density at radius 1 is 1.33 bits per heavy atom. The molecule has 6 nitrogen and oxygen atoms in total. The fourth-order valence-electron chi connectivity index (χ4n) is 2.75. The van der Waals surface area contributed by atoms with Gasteiger partial charge < -0.3 is 9.88 Å². The van der Waals surface area contributed by atoms with E-state index in [0.717, 1.165) is 41.8 Å². The molecule has 2 heterocycles. The maximum atomic E-state index is 12.7. The lowest BCUT2D eigenvalue weighted by atomic mass is 10.2. The molecule has 126 valence electrons. The number of anilines is 1. The van der Waals surface area contributed by atoms with Gasteiger partial charge in [-0.25, -0.2) is 9.67 Å². The summed E-state index contributed by atoms with van der Waals surface area (Å²) in [5.41, 5.74) is 2.82. The number of fused-ring (bicyclic) bond motifs is 1. The van der Waals surface area contributed by atoms with Crippen LogP contribution in [0.15, 0.2) is 36.8 Å². The van der Waals surface area contributed by atoms with E-state index in [1.165, 1.54) is 0 Å². The van der Waals surface area contributed by atoms with Crippen LogP contribution in [0.25, 0.3) is 11.0 Å². The summed E-state index contributed by atoms with van der Waals surface area (Å²) >= 11 is 0. The summed E-state index contributed by atoms with van der Waals surface area (Å²) in [6.45, 7) is 6.79. The molecule has 0 spiro atoms. The van der Waals surface area contributed by atoms with Gasteiger partial charge in [0.1, 0.15) is 11.9 Å². The summed E-state index contributed by atoms with van der Waals surface area (Å²) in [4.78, 5) is 17.1. The normalized spacial score (nSPS) is 12.5. The molecule has 1 N–H and O–H groups in total. The van der Waals surface area contributed by atoms with Crippen molar-refractivity contribution in [2.75, 3.05) is 5.32 Å². The zero-order chi connectivity index (χ0) is 17.1. The number of carbonyl (C=O) groups is 1. The summed E-state index contributed by atoms with van der Waals surface area (Å²) in [5, 5.41) is 7.39. The van der Waals surface area contributed by atoms with Gasteiger partial charge in [-0.2, -0.15) is 5.10 Å². The highest BCUT2D eigenvalue weighted by molar-refractivity contribution is 5.94. The number of nitrogens with zero attached hydrogens (tertiary/aromatic N) is 4. The third-order valence-electron chi connectivity index (χ3n) is 4.27. The number of hydrogen-bond acceptors (Lipinski definition) is 3. The number of rotatable bonds is 6. The Kier molecular flexibility index (Phi) is 4.64. The second kappa shape index (κ2) is 6.86. The van der Waals surface area contributed by atoms with Gasteiger partial charge in [-0.05, 0) is 32.4 Å². The number of benzene rings is 1. The number of aromatic nitrogens is 4. The Bertz CT molecular complexity index is 848. The average molecular weight is 325 g/mol. The summed E-state index contributed by atoms with van der Waals surface area (Å²) in [6.07, 6.45) is 5.63.